The number of anilines is 3. The lowest BCUT2D eigenvalue weighted by Crippen LogP contribution is -2.49. The van der Waals surface area contributed by atoms with Gasteiger partial charge < -0.3 is 25.2 Å². The minimum atomic E-state index is -4.82. The Hall–Kier alpha value is -3.86. The third kappa shape index (κ3) is 6.52. The predicted molar refractivity (Wildman–Crippen MR) is 126 cm³/mol. The molecule has 0 radical (unpaired) electrons. The van der Waals surface area contributed by atoms with Crippen molar-refractivity contribution in [2.24, 2.45) is 0 Å². The molecule has 2 aliphatic heterocycles. The minimum Gasteiger partial charge on any atom is -0.378 e. The largest absolute Gasteiger partial charge is 0.434 e. The van der Waals surface area contributed by atoms with Crippen LogP contribution in [0.2, 0.25) is 0 Å². The van der Waals surface area contributed by atoms with Gasteiger partial charge in [0.2, 0.25) is 29.7 Å². The minimum absolute atomic E-state index is 0.0227. The second-order valence-electron chi connectivity index (χ2n) is 8.60. The lowest BCUT2D eigenvalue weighted by molar-refractivity contribution is -0.140. The molecule has 0 saturated carbocycles. The van der Waals surface area contributed by atoms with Gasteiger partial charge in [-0.25, -0.2) is 15.4 Å². The van der Waals surface area contributed by atoms with Crippen LogP contribution in [0.15, 0.2) is 6.20 Å². The number of nitrogen functional groups attached to an aromatic ring is 1. The summed E-state index contributed by atoms with van der Waals surface area (Å²) in [5, 5.41) is 8.55. The number of carbonyl (C=O) groups is 2. The summed E-state index contributed by atoms with van der Waals surface area (Å²) >= 11 is 0. The normalized spacial score (nSPS) is 16.5. The fraction of sp³-hybridized carbons (Fsp3) is 0.571. The molecule has 4 rings (SSSR count). The molecule has 38 heavy (non-hydrogen) atoms. The molecule has 2 aromatic rings. The number of nitrogens with zero attached hydrogens (tertiary/aromatic N) is 8. The molecule has 2 saturated heterocycles. The molecular weight excluding hydrogens is 513 g/mol. The van der Waals surface area contributed by atoms with Crippen molar-refractivity contribution in [1.29, 1.82) is 0 Å². The Balaban J connectivity index is 1.57. The molecule has 4 heterocycles. The number of halogens is 3. The Morgan fingerprint density at radius 2 is 1.61 bits per heavy atom. The first kappa shape index (κ1) is 27.2. The Morgan fingerprint density at radius 1 is 0.974 bits per heavy atom. The maximum absolute atomic E-state index is 13.8. The number of nitrogens with two attached hydrogens (primary N) is 1. The first-order valence-electron chi connectivity index (χ1n) is 11.9. The van der Waals surface area contributed by atoms with E-state index in [-0.39, 0.29) is 42.9 Å². The Bertz CT molecular complexity index is 1150. The Labute approximate surface area is 215 Å². The van der Waals surface area contributed by atoms with Gasteiger partial charge in [0, 0.05) is 58.3 Å². The fourth-order valence-electron chi connectivity index (χ4n) is 4.07. The highest BCUT2D eigenvalue weighted by Gasteiger charge is 2.38. The van der Waals surface area contributed by atoms with E-state index in [0.29, 0.717) is 52.5 Å². The van der Waals surface area contributed by atoms with Crippen molar-refractivity contribution in [2.75, 3.05) is 68.0 Å². The van der Waals surface area contributed by atoms with Gasteiger partial charge in [-0.05, 0) is 6.42 Å². The third-order valence-electron chi connectivity index (χ3n) is 6.06. The van der Waals surface area contributed by atoms with Crippen molar-refractivity contribution in [2.45, 2.75) is 25.4 Å². The van der Waals surface area contributed by atoms with Crippen LogP contribution in [-0.2, 0) is 20.5 Å². The number of aromatic nitrogens is 5. The molecule has 2 aliphatic rings. The van der Waals surface area contributed by atoms with Gasteiger partial charge in [0.25, 0.3) is 0 Å². The number of nitrogens with one attached hydrogen (secondary N) is 1. The maximum atomic E-state index is 13.8. The maximum Gasteiger partial charge on any atom is 0.434 e. The van der Waals surface area contributed by atoms with Gasteiger partial charge in [-0.1, -0.05) is 0 Å². The molecule has 0 atom stereocenters. The number of ether oxygens (including phenoxy) is 1. The molecule has 0 aliphatic carbocycles. The highest BCUT2D eigenvalue weighted by atomic mass is 19.4. The van der Waals surface area contributed by atoms with Crippen molar-refractivity contribution in [3.63, 3.8) is 0 Å². The molecule has 14 nitrogen and oxygen atoms in total. The number of piperazine rings is 1. The van der Waals surface area contributed by atoms with E-state index in [9.17, 15) is 22.8 Å². The number of alkyl halides is 3. The lowest BCUT2D eigenvalue weighted by Gasteiger charge is -2.35. The fourth-order valence-corrected chi connectivity index (χ4v) is 4.07. The van der Waals surface area contributed by atoms with Gasteiger partial charge in [-0.3, -0.25) is 14.8 Å². The summed E-state index contributed by atoms with van der Waals surface area (Å²) in [7, 11) is 0. The highest BCUT2D eigenvalue weighted by Crippen LogP contribution is 2.35. The van der Waals surface area contributed by atoms with Crippen molar-refractivity contribution < 1.29 is 32.7 Å². The van der Waals surface area contributed by atoms with Gasteiger partial charge in [0.05, 0.1) is 18.8 Å². The zero-order valence-corrected chi connectivity index (χ0v) is 20.3. The quantitative estimate of drug-likeness (QED) is 0.319. The smallest absolute Gasteiger partial charge is 0.378 e. The van der Waals surface area contributed by atoms with Gasteiger partial charge in [0.15, 0.2) is 11.5 Å². The summed E-state index contributed by atoms with van der Waals surface area (Å²) in [5.41, 5.74) is 5.27. The molecule has 2 aromatic heterocycles. The molecule has 2 fully saturated rings. The van der Waals surface area contributed by atoms with Crippen LogP contribution >= 0.6 is 0 Å². The summed E-state index contributed by atoms with van der Waals surface area (Å²) in [4.78, 5) is 49.1. The van der Waals surface area contributed by atoms with Gasteiger partial charge >= 0.3 is 6.18 Å². The first-order chi connectivity index (χ1) is 18.2. The third-order valence-corrected chi connectivity index (χ3v) is 6.06. The molecular formula is C21H27F3N10O4. The van der Waals surface area contributed by atoms with Crippen LogP contribution in [0.4, 0.5) is 31.0 Å². The SMILES string of the molecule is Nc1ncc(-c2nc(N3CCOCC3)nc(N3CCN(C(=O)CCCC(=O)NO)CC3)n2)c(C(F)(F)F)n1. The summed E-state index contributed by atoms with van der Waals surface area (Å²) in [5.74, 6) is -1.13. The molecule has 2 amide bonds. The average Bonchev–Trinajstić information content (AvgIpc) is 2.92. The molecule has 0 unspecified atom stereocenters. The van der Waals surface area contributed by atoms with Gasteiger partial charge in [0.1, 0.15) is 0 Å². The Morgan fingerprint density at radius 3 is 2.21 bits per heavy atom. The summed E-state index contributed by atoms with van der Waals surface area (Å²) in [6.45, 7) is 3.05. The van der Waals surface area contributed by atoms with Crippen molar-refractivity contribution in [3.05, 3.63) is 11.9 Å². The van der Waals surface area contributed by atoms with Crippen LogP contribution in [-0.4, -0.2) is 99.3 Å². The number of hydrogen-bond acceptors (Lipinski definition) is 12. The van der Waals surface area contributed by atoms with Crippen molar-refractivity contribution in [3.8, 4) is 11.4 Å². The number of hydrogen-bond donors (Lipinski definition) is 3. The van der Waals surface area contributed by atoms with Crippen LogP contribution in [0.5, 0.6) is 0 Å². The number of amides is 2. The molecule has 17 heteroatoms. The Kier molecular flexibility index (Phi) is 8.35. The van der Waals surface area contributed by atoms with Gasteiger partial charge in [-0.2, -0.15) is 28.1 Å². The molecule has 0 bridgehead atoms. The zero-order valence-electron chi connectivity index (χ0n) is 20.3. The second kappa shape index (κ2) is 11.7. The summed E-state index contributed by atoms with van der Waals surface area (Å²) in [6, 6.07) is 0. The van der Waals surface area contributed by atoms with Crippen LogP contribution < -0.4 is 21.0 Å². The lowest BCUT2D eigenvalue weighted by atomic mass is 10.2. The zero-order chi connectivity index (χ0) is 27.3. The molecule has 0 spiro atoms. The standard InChI is InChI=1S/C21H27F3N10O4/c22-21(23,24)16-13(12-26-18(25)27-16)17-28-19(30-20(29-17)34-8-10-38-11-9-34)33-6-4-32(5-7-33)15(36)3-1-2-14(35)31-37/h12,37H,1-11H2,(H,31,35)(H2,25,26,27). The van der Waals surface area contributed by atoms with E-state index in [1.54, 1.807) is 14.7 Å². The molecule has 4 N–H and O–H groups in total. The highest BCUT2D eigenvalue weighted by molar-refractivity contribution is 5.78. The predicted octanol–water partition coefficient (Wildman–Crippen LogP) is 0.0905. The first-order valence-corrected chi connectivity index (χ1v) is 11.9. The number of rotatable bonds is 7. The van der Waals surface area contributed by atoms with E-state index in [1.807, 2.05) is 0 Å². The summed E-state index contributed by atoms with van der Waals surface area (Å²) < 4.78 is 46.7. The van der Waals surface area contributed by atoms with E-state index in [0.717, 1.165) is 6.20 Å². The van der Waals surface area contributed by atoms with E-state index in [1.165, 1.54) is 5.48 Å². The van der Waals surface area contributed by atoms with E-state index in [2.05, 4.69) is 24.9 Å². The topological polar surface area (TPSA) is 176 Å². The number of carbonyl (C=O) groups excluding carboxylic acids is 2. The average molecular weight is 541 g/mol. The van der Waals surface area contributed by atoms with E-state index in [4.69, 9.17) is 15.7 Å². The second-order valence-corrected chi connectivity index (χ2v) is 8.60. The van der Waals surface area contributed by atoms with E-state index < -0.39 is 29.3 Å². The number of morpholine rings is 1. The van der Waals surface area contributed by atoms with Crippen molar-refractivity contribution in [1.82, 2.24) is 35.3 Å². The monoisotopic (exact) mass is 540 g/mol. The molecule has 0 aromatic carbocycles. The van der Waals surface area contributed by atoms with E-state index >= 15 is 0 Å². The number of hydroxylamine groups is 1. The van der Waals surface area contributed by atoms with Crippen LogP contribution in [0.3, 0.4) is 0 Å². The van der Waals surface area contributed by atoms with Gasteiger partial charge in [-0.15, -0.1) is 0 Å². The van der Waals surface area contributed by atoms with Crippen LogP contribution in [0.1, 0.15) is 25.0 Å². The molecule has 206 valence electrons. The van der Waals surface area contributed by atoms with Crippen LogP contribution in [0.25, 0.3) is 11.4 Å². The summed E-state index contributed by atoms with van der Waals surface area (Å²) in [6.07, 6.45) is -3.42. The van der Waals surface area contributed by atoms with Crippen molar-refractivity contribution >= 4 is 29.7 Å². The van der Waals surface area contributed by atoms with Crippen LogP contribution in [0, 0.1) is 0 Å².